The Morgan fingerprint density at radius 2 is 1.54 bits per heavy atom. The second kappa shape index (κ2) is 13.8. The van der Waals surface area contributed by atoms with Crippen molar-refractivity contribution in [3.05, 3.63) is 65.2 Å². The number of nitrogens with one attached hydrogen (secondary N) is 3. The molecule has 1 aliphatic heterocycles. The van der Waals surface area contributed by atoms with Gasteiger partial charge in [0.15, 0.2) is 0 Å². The first-order valence-corrected chi connectivity index (χ1v) is 11.6. The van der Waals surface area contributed by atoms with Crippen LogP contribution >= 0.6 is 0 Å². The molecule has 2 atom stereocenters. The molecule has 0 spiro atoms. The summed E-state index contributed by atoms with van der Waals surface area (Å²) in [5, 5.41) is 23.6. The Labute approximate surface area is 215 Å². The number of rotatable bonds is 7. The van der Waals surface area contributed by atoms with Gasteiger partial charge in [0.2, 0.25) is 5.91 Å². The number of nitrogens with zero attached hydrogens (tertiary/aromatic N) is 1. The smallest absolute Gasteiger partial charge is 0.268 e. The average molecular weight is 505 g/mol. The molecule has 37 heavy (non-hydrogen) atoms. The number of carbonyl (C=O) groups is 3. The quantitative estimate of drug-likeness (QED) is 0.208. The third-order valence-electron chi connectivity index (χ3n) is 5.42. The van der Waals surface area contributed by atoms with Crippen molar-refractivity contribution in [1.29, 1.82) is 0 Å². The summed E-state index contributed by atoms with van der Waals surface area (Å²) in [7, 11) is 0. The molecule has 0 saturated carbocycles. The van der Waals surface area contributed by atoms with Gasteiger partial charge in [0, 0.05) is 35.5 Å². The van der Waals surface area contributed by atoms with E-state index in [0.29, 0.717) is 31.0 Å². The molecular formula is C27H28N4O6. The SMILES string of the molecule is C[C@@H](O)[C@H](NC(=O)c1ccc(C#CC#Cc2ccc(NC(=O)CN3CCOCC3)cc2)cc1)C(=O)NO. The lowest BCUT2D eigenvalue weighted by molar-refractivity contribution is -0.133. The maximum absolute atomic E-state index is 12.3. The standard InChI is InChI=1S/C27H28N4O6/c1-19(32)25(27(35)30-36)29-26(34)22-10-6-20(7-11-22)4-2-3-5-21-8-12-23(13-9-21)28-24(33)18-31-14-16-37-17-15-31/h6-13,19,25,32,36H,14-18H2,1H3,(H,28,33)(H,29,34)(H,30,35)/t19-,25+/m1/s1. The molecule has 2 aromatic rings. The van der Waals surface area contributed by atoms with Crippen LogP contribution < -0.4 is 16.1 Å². The lowest BCUT2D eigenvalue weighted by Crippen LogP contribution is -2.51. The lowest BCUT2D eigenvalue weighted by atomic mass is 10.1. The number of morpholine rings is 1. The van der Waals surface area contributed by atoms with Crippen LogP contribution in [0, 0.1) is 23.7 Å². The van der Waals surface area contributed by atoms with Crippen LogP contribution in [0.1, 0.15) is 28.4 Å². The zero-order valence-corrected chi connectivity index (χ0v) is 20.3. The third kappa shape index (κ3) is 8.76. The van der Waals surface area contributed by atoms with Crippen molar-refractivity contribution in [1.82, 2.24) is 15.7 Å². The van der Waals surface area contributed by atoms with Crippen LogP contribution in [0.25, 0.3) is 0 Å². The van der Waals surface area contributed by atoms with Crippen LogP contribution in [0.2, 0.25) is 0 Å². The van der Waals surface area contributed by atoms with E-state index in [2.05, 4.69) is 34.3 Å². The van der Waals surface area contributed by atoms with E-state index in [1.54, 1.807) is 36.4 Å². The number of aliphatic hydroxyl groups excluding tert-OH is 1. The highest BCUT2D eigenvalue weighted by Crippen LogP contribution is 2.09. The van der Waals surface area contributed by atoms with Crippen molar-refractivity contribution >= 4 is 23.4 Å². The van der Waals surface area contributed by atoms with E-state index in [1.807, 2.05) is 4.90 Å². The molecule has 0 unspecified atom stereocenters. The van der Waals surface area contributed by atoms with E-state index in [0.717, 1.165) is 18.7 Å². The van der Waals surface area contributed by atoms with Gasteiger partial charge in [0.25, 0.3) is 11.8 Å². The molecule has 0 aliphatic carbocycles. The largest absolute Gasteiger partial charge is 0.391 e. The Morgan fingerprint density at radius 1 is 0.973 bits per heavy atom. The molecule has 1 aliphatic rings. The number of hydrogen-bond acceptors (Lipinski definition) is 7. The topological polar surface area (TPSA) is 140 Å². The molecule has 1 fully saturated rings. The fraction of sp³-hybridized carbons (Fsp3) is 0.296. The van der Waals surface area contributed by atoms with E-state index >= 15 is 0 Å². The summed E-state index contributed by atoms with van der Waals surface area (Å²) in [6.45, 7) is 4.43. The van der Waals surface area contributed by atoms with Gasteiger partial charge in [0.05, 0.1) is 25.9 Å². The molecule has 0 aromatic heterocycles. The highest BCUT2D eigenvalue weighted by Gasteiger charge is 2.25. The second-order valence-corrected chi connectivity index (χ2v) is 8.26. The number of hydroxylamine groups is 1. The van der Waals surface area contributed by atoms with Crippen LogP contribution in [0.4, 0.5) is 5.69 Å². The van der Waals surface area contributed by atoms with Crippen molar-refractivity contribution in [2.45, 2.75) is 19.1 Å². The molecule has 3 amide bonds. The predicted molar refractivity (Wildman–Crippen MR) is 135 cm³/mol. The number of amides is 3. The Kier molecular flexibility index (Phi) is 10.2. The molecule has 10 heteroatoms. The molecular weight excluding hydrogens is 476 g/mol. The van der Waals surface area contributed by atoms with Gasteiger partial charge in [-0.05, 0) is 67.3 Å². The summed E-state index contributed by atoms with van der Waals surface area (Å²) in [5.74, 6) is 9.74. The van der Waals surface area contributed by atoms with Gasteiger partial charge in [-0.25, -0.2) is 5.48 Å². The molecule has 1 heterocycles. The zero-order valence-electron chi connectivity index (χ0n) is 20.3. The van der Waals surface area contributed by atoms with Crippen molar-refractivity contribution in [2.75, 3.05) is 38.2 Å². The molecule has 0 radical (unpaired) electrons. The fourth-order valence-corrected chi connectivity index (χ4v) is 3.41. The number of benzene rings is 2. The zero-order chi connectivity index (χ0) is 26.6. The first-order valence-electron chi connectivity index (χ1n) is 11.6. The van der Waals surface area contributed by atoms with Gasteiger partial charge < -0.3 is 20.5 Å². The highest BCUT2D eigenvalue weighted by molar-refractivity contribution is 5.97. The normalized spacial score (nSPS) is 14.6. The van der Waals surface area contributed by atoms with Gasteiger partial charge in [-0.1, -0.05) is 11.8 Å². The Hall–Kier alpha value is -4.19. The van der Waals surface area contributed by atoms with Crippen LogP contribution in [-0.4, -0.2) is 77.9 Å². The van der Waals surface area contributed by atoms with Crippen LogP contribution in [0.3, 0.4) is 0 Å². The van der Waals surface area contributed by atoms with E-state index < -0.39 is 24.0 Å². The summed E-state index contributed by atoms with van der Waals surface area (Å²) in [5.41, 5.74) is 3.73. The molecule has 0 bridgehead atoms. The molecule has 192 valence electrons. The van der Waals surface area contributed by atoms with Gasteiger partial charge in [-0.15, -0.1) is 0 Å². The highest BCUT2D eigenvalue weighted by atomic mass is 16.5. The molecule has 1 saturated heterocycles. The minimum Gasteiger partial charge on any atom is -0.391 e. The minimum absolute atomic E-state index is 0.0754. The first kappa shape index (κ1) is 27.4. The maximum Gasteiger partial charge on any atom is 0.268 e. The third-order valence-corrected chi connectivity index (χ3v) is 5.42. The van der Waals surface area contributed by atoms with E-state index in [-0.39, 0.29) is 11.5 Å². The minimum atomic E-state index is -1.30. The number of anilines is 1. The van der Waals surface area contributed by atoms with Crippen molar-refractivity contribution < 1.29 is 29.4 Å². The summed E-state index contributed by atoms with van der Waals surface area (Å²) in [6, 6.07) is 12.2. The summed E-state index contributed by atoms with van der Waals surface area (Å²) >= 11 is 0. The maximum atomic E-state index is 12.3. The van der Waals surface area contributed by atoms with Crippen molar-refractivity contribution in [2.24, 2.45) is 0 Å². The molecule has 3 rings (SSSR count). The number of ether oxygens (including phenoxy) is 1. The number of aliphatic hydroxyl groups is 1. The summed E-state index contributed by atoms with van der Waals surface area (Å²) < 4.78 is 5.28. The number of carbonyl (C=O) groups excluding carboxylic acids is 3. The second-order valence-electron chi connectivity index (χ2n) is 8.26. The Balaban J connectivity index is 1.51. The summed E-state index contributed by atoms with van der Waals surface area (Å²) in [4.78, 5) is 38.1. The lowest BCUT2D eigenvalue weighted by Gasteiger charge is -2.25. The Morgan fingerprint density at radius 3 is 2.08 bits per heavy atom. The molecule has 10 nitrogen and oxygen atoms in total. The van der Waals surface area contributed by atoms with Gasteiger partial charge in [0.1, 0.15) is 6.04 Å². The van der Waals surface area contributed by atoms with Gasteiger partial charge in [-0.2, -0.15) is 0 Å². The average Bonchev–Trinajstić information content (AvgIpc) is 2.90. The monoisotopic (exact) mass is 504 g/mol. The van der Waals surface area contributed by atoms with Crippen molar-refractivity contribution in [3.63, 3.8) is 0 Å². The van der Waals surface area contributed by atoms with Crippen LogP contribution in [0.15, 0.2) is 48.5 Å². The van der Waals surface area contributed by atoms with Gasteiger partial charge >= 0.3 is 0 Å². The fourth-order valence-electron chi connectivity index (χ4n) is 3.41. The summed E-state index contributed by atoms with van der Waals surface area (Å²) in [6.07, 6.45) is -1.20. The van der Waals surface area contributed by atoms with E-state index in [1.165, 1.54) is 24.5 Å². The van der Waals surface area contributed by atoms with Crippen molar-refractivity contribution in [3.8, 4) is 23.7 Å². The van der Waals surface area contributed by atoms with Crippen LogP contribution in [-0.2, 0) is 14.3 Å². The van der Waals surface area contributed by atoms with Crippen LogP contribution in [0.5, 0.6) is 0 Å². The first-order chi connectivity index (χ1) is 17.9. The Bertz CT molecular complexity index is 1210. The van der Waals surface area contributed by atoms with E-state index in [4.69, 9.17) is 9.94 Å². The number of hydrogen-bond donors (Lipinski definition) is 5. The van der Waals surface area contributed by atoms with Gasteiger partial charge in [-0.3, -0.25) is 24.5 Å². The molecule has 2 aromatic carbocycles. The molecule has 5 N–H and O–H groups in total. The predicted octanol–water partition coefficient (Wildman–Crippen LogP) is 0.345. The van der Waals surface area contributed by atoms with E-state index in [9.17, 15) is 19.5 Å².